The summed E-state index contributed by atoms with van der Waals surface area (Å²) < 4.78 is 32.3. The van der Waals surface area contributed by atoms with Crippen molar-refractivity contribution in [3.63, 3.8) is 0 Å². The Balaban J connectivity index is 0.593. The number of piperidine rings is 2. The van der Waals surface area contributed by atoms with Crippen molar-refractivity contribution >= 4 is 49.9 Å². The lowest BCUT2D eigenvalue weighted by Gasteiger charge is -2.62. The monoisotopic (exact) mass is 1060 g/mol. The summed E-state index contributed by atoms with van der Waals surface area (Å²) >= 11 is 0. The Bertz CT molecular complexity index is 3020. The number of aliphatic hydroxyl groups excluding tert-OH is 3. The van der Waals surface area contributed by atoms with Crippen LogP contribution in [0.4, 0.5) is 5.69 Å². The van der Waals surface area contributed by atoms with Gasteiger partial charge in [-0.05, 0) is 113 Å². The molecule has 398 valence electrons. The van der Waals surface area contributed by atoms with Crippen LogP contribution < -0.4 is 19.5 Å². The molecule has 75 heavy (non-hydrogen) atoms. The molecular formula is C57H66N4O12S2. The fourth-order valence-electron chi connectivity index (χ4n) is 15.6. The second-order valence-corrected chi connectivity index (χ2v) is 25.7. The number of aromatic amines is 1. The summed E-state index contributed by atoms with van der Waals surface area (Å²) in [5.74, 6) is 3.44. The molecule has 1 aromatic heterocycles. The van der Waals surface area contributed by atoms with Gasteiger partial charge in [0.1, 0.15) is 36.6 Å². The molecule has 16 nitrogen and oxygen atoms in total. The highest BCUT2D eigenvalue weighted by Crippen LogP contribution is 2.69. The summed E-state index contributed by atoms with van der Waals surface area (Å²) in [5, 5.41) is 61.8. The van der Waals surface area contributed by atoms with E-state index < -0.39 is 71.2 Å². The first kappa shape index (κ1) is 49.0. The third-order valence-electron chi connectivity index (χ3n) is 19.2. The predicted octanol–water partition coefficient (Wildman–Crippen LogP) is 5.37. The van der Waals surface area contributed by atoms with Crippen LogP contribution in [0.15, 0.2) is 54.6 Å². The molecule has 3 saturated heterocycles. The lowest BCUT2D eigenvalue weighted by Crippen LogP contribution is -2.74. The van der Waals surface area contributed by atoms with Crippen LogP contribution in [0.2, 0.25) is 0 Å². The fourth-order valence-corrected chi connectivity index (χ4v) is 17.7. The first-order valence-electron chi connectivity index (χ1n) is 27.2. The zero-order chi connectivity index (χ0) is 51.3. The molecule has 1 unspecified atom stereocenters. The molecule has 10 aliphatic rings. The molecule has 2 spiro atoms. The van der Waals surface area contributed by atoms with Crippen molar-refractivity contribution in [2.45, 2.75) is 149 Å². The minimum atomic E-state index is -1.67. The summed E-state index contributed by atoms with van der Waals surface area (Å²) in [5.41, 5.74) is 5.62. The Morgan fingerprint density at radius 3 is 2.59 bits per heavy atom. The van der Waals surface area contributed by atoms with Gasteiger partial charge in [0.15, 0.2) is 41.2 Å². The number of likely N-dealkylation sites (tertiary alicyclic amines) is 2. The molecule has 1 saturated carbocycles. The SMILES string of the molecule is CCOc1ccc2c3c1O[C@H]1[C@@H](O[C@@H]4O[C@H](C(=O)CCCSSCCC(=O)Nc5cccc6c7c([nH]c56)[C@@H]5Oc6c(O)ccc8c6[C@@]56CCN(CC5CC5)[C@H](C8)[C@]6(O)C7)[C@@H](O)[C@H](O)[C@H]4O)C=CC4[C@@H](C2)N(C)CC[C@@]341. The second kappa shape index (κ2) is 18.1. The van der Waals surface area contributed by atoms with E-state index in [1.165, 1.54) is 34.8 Å². The molecule has 3 aromatic carbocycles. The Morgan fingerprint density at radius 2 is 1.75 bits per heavy atom. The van der Waals surface area contributed by atoms with Crippen molar-refractivity contribution in [1.82, 2.24) is 14.8 Å². The van der Waals surface area contributed by atoms with E-state index in [2.05, 4.69) is 39.3 Å². The average molecular weight is 1060 g/mol. The van der Waals surface area contributed by atoms with E-state index in [0.29, 0.717) is 60.5 Å². The van der Waals surface area contributed by atoms with Gasteiger partial charge in [-0.3, -0.25) is 14.5 Å². The molecule has 18 heteroatoms. The topological polar surface area (TPSA) is 216 Å². The van der Waals surface area contributed by atoms with Gasteiger partial charge in [0.05, 0.1) is 34.5 Å². The molecule has 4 bridgehead atoms. The normalized spacial score (nSPS) is 36.3. The number of Topliss-reactive ketones (excluding diaryl/α,β-unsaturated/α-hetero) is 1. The number of phenols is 1. The maximum atomic E-state index is 13.7. The number of ketones is 1. The van der Waals surface area contributed by atoms with Crippen molar-refractivity contribution in [2.24, 2.45) is 11.8 Å². The Hall–Kier alpha value is -4.34. The number of anilines is 1. The summed E-state index contributed by atoms with van der Waals surface area (Å²) in [6.07, 6.45) is 1.62. The van der Waals surface area contributed by atoms with E-state index >= 15 is 0 Å². The lowest BCUT2D eigenvalue weighted by molar-refractivity contribution is -0.304. The number of amides is 1. The molecule has 14 atom stereocenters. The number of aliphatic hydroxyl groups is 4. The van der Waals surface area contributed by atoms with E-state index in [0.717, 1.165) is 77.9 Å². The maximum absolute atomic E-state index is 13.7. The molecule has 14 rings (SSSR count). The first-order chi connectivity index (χ1) is 36.3. The number of aromatic nitrogens is 1. The molecule has 5 aliphatic heterocycles. The zero-order valence-electron chi connectivity index (χ0n) is 42.2. The van der Waals surface area contributed by atoms with Crippen molar-refractivity contribution in [3.05, 3.63) is 88.1 Å². The number of nitrogens with one attached hydrogen (secondary N) is 2. The second-order valence-electron chi connectivity index (χ2n) is 23.0. The number of phenolic OH excluding ortho intramolecular Hbond substituents is 1. The van der Waals surface area contributed by atoms with Gasteiger partial charge in [-0.15, -0.1) is 0 Å². The third kappa shape index (κ3) is 7.19. The van der Waals surface area contributed by atoms with Gasteiger partial charge in [0.25, 0.3) is 0 Å². The number of benzene rings is 3. The molecule has 7 N–H and O–H groups in total. The smallest absolute Gasteiger partial charge is 0.225 e. The minimum Gasteiger partial charge on any atom is -0.504 e. The van der Waals surface area contributed by atoms with Gasteiger partial charge >= 0.3 is 0 Å². The van der Waals surface area contributed by atoms with Crippen LogP contribution in [-0.4, -0.2) is 157 Å². The molecule has 6 heterocycles. The van der Waals surface area contributed by atoms with Gasteiger partial charge in [0, 0.05) is 77.2 Å². The predicted molar refractivity (Wildman–Crippen MR) is 282 cm³/mol. The number of likely N-dealkylation sites (N-methyl/N-ethyl adjacent to an activating group) is 1. The third-order valence-corrected chi connectivity index (χ3v) is 21.7. The summed E-state index contributed by atoms with van der Waals surface area (Å²) in [7, 11) is 5.25. The molecule has 4 aromatic rings. The van der Waals surface area contributed by atoms with Crippen LogP contribution in [0.25, 0.3) is 10.9 Å². The lowest BCUT2D eigenvalue weighted by atomic mass is 9.49. The van der Waals surface area contributed by atoms with Crippen LogP contribution in [-0.2, 0) is 49.2 Å². The number of carbonyl (C=O) groups is 2. The van der Waals surface area contributed by atoms with E-state index in [9.17, 15) is 35.1 Å². The molecule has 4 fully saturated rings. The highest BCUT2D eigenvalue weighted by molar-refractivity contribution is 8.76. The van der Waals surface area contributed by atoms with Crippen molar-refractivity contribution in [3.8, 4) is 23.0 Å². The van der Waals surface area contributed by atoms with Crippen LogP contribution in [0.1, 0.15) is 91.5 Å². The van der Waals surface area contributed by atoms with Gasteiger partial charge < -0.3 is 64.4 Å². The van der Waals surface area contributed by atoms with Gasteiger partial charge in [-0.2, -0.15) is 0 Å². The molecular weight excluding hydrogens is 997 g/mol. The van der Waals surface area contributed by atoms with E-state index in [-0.39, 0.29) is 42.5 Å². The average Bonchev–Trinajstić information content (AvgIpc) is 4.03. The maximum Gasteiger partial charge on any atom is 0.225 e. The number of rotatable bonds is 16. The molecule has 5 aliphatic carbocycles. The number of hydrogen-bond acceptors (Lipinski definition) is 16. The number of nitrogens with zero attached hydrogens (tertiary/aromatic N) is 2. The van der Waals surface area contributed by atoms with Crippen molar-refractivity contribution in [1.29, 1.82) is 0 Å². The largest absolute Gasteiger partial charge is 0.504 e. The summed E-state index contributed by atoms with van der Waals surface area (Å²) in [6, 6.07) is 13.9. The van der Waals surface area contributed by atoms with Crippen LogP contribution in [0, 0.1) is 11.8 Å². The standard InChI is InChI=1S/C57H66N4O12S2/c1-3-69-38-15-12-29-24-35-33-13-16-39(52-55(33,18-20-60(35)2)42(29)51(38)72-52)70-54-48(67)46(65)47(66)50(73-54)36(62)8-5-22-74-75-23-17-41(64)58-34-7-4-6-31-32-26-57(68)40-25-30-11-14-37(63)49-43(30)56(57,19-21-61(40)27-28-9-10-28)53(71-49)45(32)59-44(31)34/h4,6-7,11-16,28,33,35,39-40,46-48,50,52-54,59,63,65-68H,3,5,8-10,17-27H2,1-2H3,(H,58,64)/t33?,35-,39+,40-,46+,47+,48-,50-,52+,53+,54-,55+,56+,57-/m1/s1. The van der Waals surface area contributed by atoms with E-state index in [4.69, 9.17) is 23.7 Å². The number of fused-ring (bicyclic) bond motifs is 4. The Kier molecular flexibility index (Phi) is 11.8. The quantitative estimate of drug-likeness (QED) is 0.0427. The highest BCUT2D eigenvalue weighted by Gasteiger charge is 2.73. The fraction of sp³-hybridized carbons (Fsp3) is 0.579. The minimum absolute atomic E-state index is 0.0701. The Morgan fingerprint density at radius 1 is 0.920 bits per heavy atom. The highest BCUT2D eigenvalue weighted by atomic mass is 33.1. The number of hydrogen-bond donors (Lipinski definition) is 7. The van der Waals surface area contributed by atoms with Gasteiger partial charge in [0.2, 0.25) is 5.91 Å². The van der Waals surface area contributed by atoms with Crippen molar-refractivity contribution in [2.75, 3.05) is 50.1 Å². The summed E-state index contributed by atoms with van der Waals surface area (Å²) in [6.45, 7) is 5.16. The van der Waals surface area contributed by atoms with E-state index in [1.54, 1.807) is 16.9 Å². The number of ether oxygens (including phenoxy) is 5. The number of aromatic hydroxyl groups is 1. The van der Waals surface area contributed by atoms with Crippen molar-refractivity contribution < 1.29 is 58.8 Å². The Labute approximate surface area is 443 Å². The van der Waals surface area contributed by atoms with Gasteiger partial charge in [-0.25, -0.2) is 0 Å². The number of para-hydroxylation sites is 1. The zero-order valence-corrected chi connectivity index (χ0v) is 43.9. The van der Waals surface area contributed by atoms with Crippen LogP contribution in [0.5, 0.6) is 23.0 Å². The van der Waals surface area contributed by atoms with E-state index in [1.807, 2.05) is 43.3 Å². The molecule has 0 radical (unpaired) electrons. The summed E-state index contributed by atoms with van der Waals surface area (Å²) in [4.78, 5) is 35.8. The number of carbonyl (C=O) groups excluding carboxylic acids is 2. The molecule has 1 amide bonds. The van der Waals surface area contributed by atoms with Gasteiger partial charge in [-0.1, -0.05) is 58.0 Å². The first-order valence-corrected chi connectivity index (χ1v) is 29.7. The number of H-pyrrole nitrogens is 1. The van der Waals surface area contributed by atoms with Crippen LogP contribution >= 0.6 is 21.6 Å². The van der Waals surface area contributed by atoms with Crippen LogP contribution in [0.3, 0.4) is 0 Å².